The lowest BCUT2D eigenvalue weighted by Crippen LogP contribution is -2.49. The predicted molar refractivity (Wildman–Crippen MR) is 117 cm³/mol. The number of carbonyl (C=O) groups is 2. The Bertz CT molecular complexity index is 1080. The van der Waals surface area contributed by atoms with E-state index in [0.717, 1.165) is 11.1 Å². The largest absolute Gasteiger partial charge is 0.484 e. The van der Waals surface area contributed by atoms with Gasteiger partial charge in [-0.25, -0.2) is 13.4 Å². The van der Waals surface area contributed by atoms with Crippen molar-refractivity contribution in [2.24, 2.45) is 13.0 Å². The van der Waals surface area contributed by atoms with Gasteiger partial charge in [0.2, 0.25) is 5.91 Å². The number of hydrogen-bond acceptors (Lipinski definition) is 6. The molecule has 2 aromatic rings. The second-order valence-corrected chi connectivity index (χ2v) is 9.87. The van der Waals surface area contributed by atoms with Crippen LogP contribution in [0, 0.1) is 26.7 Å². The van der Waals surface area contributed by atoms with Gasteiger partial charge in [-0.2, -0.15) is 4.31 Å². The van der Waals surface area contributed by atoms with Gasteiger partial charge < -0.3 is 9.30 Å². The van der Waals surface area contributed by atoms with E-state index in [1.165, 1.54) is 10.5 Å². The van der Waals surface area contributed by atoms with Crippen molar-refractivity contribution in [1.82, 2.24) is 24.7 Å². The summed E-state index contributed by atoms with van der Waals surface area (Å²) in [6.45, 7) is 5.86. The van der Waals surface area contributed by atoms with Gasteiger partial charge in [-0.15, -0.1) is 0 Å². The van der Waals surface area contributed by atoms with E-state index in [9.17, 15) is 18.0 Å². The van der Waals surface area contributed by atoms with Crippen molar-refractivity contribution in [1.29, 1.82) is 0 Å². The van der Waals surface area contributed by atoms with E-state index < -0.39 is 21.8 Å². The van der Waals surface area contributed by atoms with Crippen LogP contribution < -0.4 is 15.6 Å². The van der Waals surface area contributed by atoms with Crippen LogP contribution in [-0.4, -0.2) is 53.8 Å². The van der Waals surface area contributed by atoms with Gasteiger partial charge in [-0.1, -0.05) is 6.07 Å². The Morgan fingerprint density at radius 1 is 1.12 bits per heavy atom. The molecule has 1 aromatic carbocycles. The number of hydrogen-bond donors (Lipinski definition) is 2. The number of aryl methyl sites for hydroxylation is 4. The predicted octanol–water partition coefficient (Wildman–Crippen LogP) is 0.972. The molecule has 1 aromatic heterocycles. The number of ether oxygens (including phenoxy) is 1. The Morgan fingerprint density at radius 2 is 1.81 bits per heavy atom. The summed E-state index contributed by atoms with van der Waals surface area (Å²) in [5.41, 5.74) is 6.93. The van der Waals surface area contributed by atoms with Gasteiger partial charge in [0.1, 0.15) is 11.6 Å². The fraction of sp³-hybridized carbons (Fsp3) is 0.476. The smallest absolute Gasteiger partial charge is 0.276 e. The molecule has 1 fully saturated rings. The van der Waals surface area contributed by atoms with Crippen molar-refractivity contribution in [3.8, 4) is 5.75 Å². The average Bonchev–Trinajstić information content (AvgIpc) is 3.12. The maximum Gasteiger partial charge on any atom is 0.276 e. The molecule has 3 rings (SSSR count). The molecule has 10 nitrogen and oxygen atoms in total. The second kappa shape index (κ2) is 9.70. The Hall–Kier alpha value is -2.92. The Kier molecular flexibility index (Phi) is 7.19. The third-order valence-corrected chi connectivity index (χ3v) is 7.46. The molecule has 2 amide bonds. The summed E-state index contributed by atoms with van der Waals surface area (Å²) in [6.07, 6.45) is 2.19. The number of nitrogens with zero attached hydrogens (tertiary/aromatic N) is 3. The maximum absolute atomic E-state index is 12.8. The molecule has 174 valence electrons. The van der Waals surface area contributed by atoms with Crippen LogP contribution in [0.25, 0.3) is 0 Å². The van der Waals surface area contributed by atoms with Crippen molar-refractivity contribution in [3.63, 3.8) is 0 Å². The fourth-order valence-corrected chi connectivity index (χ4v) is 4.86. The molecule has 1 aliphatic heterocycles. The molecule has 0 atom stereocenters. The molecule has 32 heavy (non-hydrogen) atoms. The van der Waals surface area contributed by atoms with E-state index >= 15 is 0 Å². The lowest BCUT2D eigenvalue weighted by Gasteiger charge is -2.29. The van der Waals surface area contributed by atoms with Gasteiger partial charge in [0.15, 0.2) is 11.6 Å². The molecular formula is C21H29N5O5S. The van der Waals surface area contributed by atoms with E-state index in [0.29, 0.717) is 24.4 Å². The highest BCUT2D eigenvalue weighted by Gasteiger charge is 2.33. The second-order valence-electron chi connectivity index (χ2n) is 7.99. The number of amides is 2. The molecular weight excluding hydrogens is 434 g/mol. The zero-order valence-corrected chi connectivity index (χ0v) is 19.5. The summed E-state index contributed by atoms with van der Waals surface area (Å²) in [5, 5.41) is 0.0106. The van der Waals surface area contributed by atoms with Crippen molar-refractivity contribution >= 4 is 21.8 Å². The van der Waals surface area contributed by atoms with Gasteiger partial charge in [0, 0.05) is 32.3 Å². The minimum absolute atomic E-state index is 0.0106. The summed E-state index contributed by atoms with van der Waals surface area (Å²) < 4.78 is 33.9. The van der Waals surface area contributed by atoms with Crippen molar-refractivity contribution in [2.75, 3.05) is 19.7 Å². The summed E-state index contributed by atoms with van der Waals surface area (Å²) in [5.74, 6) is -0.0495. The molecule has 2 N–H and O–H groups in total. The lowest BCUT2D eigenvalue weighted by molar-refractivity contribution is -0.132. The molecule has 1 aliphatic rings. The highest BCUT2D eigenvalue weighted by molar-refractivity contribution is 7.89. The Labute approximate surface area is 188 Å². The summed E-state index contributed by atoms with van der Waals surface area (Å²) in [4.78, 5) is 28.5. The van der Waals surface area contributed by atoms with E-state index in [1.54, 1.807) is 24.6 Å². The molecule has 0 bridgehead atoms. The van der Waals surface area contributed by atoms with Crippen LogP contribution in [0.15, 0.2) is 29.4 Å². The average molecular weight is 464 g/mol. The normalized spacial score (nSPS) is 15.4. The third-order valence-electron chi connectivity index (χ3n) is 5.69. The van der Waals surface area contributed by atoms with Crippen molar-refractivity contribution in [3.05, 3.63) is 41.3 Å². The number of sulfonamides is 1. The first-order valence-corrected chi connectivity index (χ1v) is 11.8. The number of hydrazine groups is 1. The molecule has 0 aliphatic carbocycles. The van der Waals surface area contributed by atoms with Gasteiger partial charge in [-0.05, 0) is 56.9 Å². The zero-order chi connectivity index (χ0) is 23.5. The molecule has 2 heterocycles. The standard InChI is InChI=1S/C21H29N5O5S/c1-14-5-6-18(11-15(14)2)31-13-19(27)23-24-21(28)17-7-9-26(10-8-17)32(29,30)20-12-25(4)16(3)22-20/h5-6,11-12,17H,7-10,13H2,1-4H3,(H,23,27)(H,24,28). The van der Waals surface area contributed by atoms with Gasteiger partial charge >= 0.3 is 0 Å². The SMILES string of the molecule is Cc1ccc(OCC(=O)NNC(=O)C2CCN(S(=O)(=O)c3cn(C)c(C)n3)CC2)cc1C. The first-order chi connectivity index (χ1) is 15.1. The fourth-order valence-electron chi connectivity index (χ4n) is 3.36. The maximum atomic E-state index is 12.8. The van der Waals surface area contributed by atoms with Gasteiger partial charge in [-0.3, -0.25) is 20.4 Å². The molecule has 0 spiro atoms. The Morgan fingerprint density at radius 3 is 2.41 bits per heavy atom. The van der Waals surface area contributed by atoms with Crippen LogP contribution >= 0.6 is 0 Å². The quantitative estimate of drug-likeness (QED) is 0.616. The van der Waals surface area contributed by atoms with Crippen LogP contribution in [0.2, 0.25) is 0 Å². The van der Waals surface area contributed by atoms with Crippen LogP contribution in [0.3, 0.4) is 0 Å². The molecule has 0 saturated carbocycles. The topological polar surface area (TPSA) is 123 Å². The van der Waals surface area contributed by atoms with E-state index in [1.807, 2.05) is 26.0 Å². The highest BCUT2D eigenvalue weighted by atomic mass is 32.2. The number of carbonyl (C=O) groups excluding carboxylic acids is 2. The summed E-state index contributed by atoms with van der Waals surface area (Å²) in [6, 6.07) is 5.53. The summed E-state index contributed by atoms with van der Waals surface area (Å²) >= 11 is 0. The van der Waals surface area contributed by atoms with Gasteiger partial charge in [0.05, 0.1) is 0 Å². The number of benzene rings is 1. The van der Waals surface area contributed by atoms with Crippen LogP contribution in [-0.2, 0) is 26.7 Å². The number of rotatable bonds is 6. The lowest BCUT2D eigenvalue weighted by atomic mass is 9.98. The third kappa shape index (κ3) is 5.46. The minimum Gasteiger partial charge on any atom is -0.484 e. The highest BCUT2D eigenvalue weighted by Crippen LogP contribution is 2.23. The van der Waals surface area contributed by atoms with E-state index in [-0.39, 0.29) is 30.6 Å². The van der Waals surface area contributed by atoms with Crippen molar-refractivity contribution < 1.29 is 22.7 Å². The number of aromatic nitrogens is 2. The van der Waals surface area contributed by atoms with Crippen molar-refractivity contribution in [2.45, 2.75) is 38.6 Å². The first-order valence-electron chi connectivity index (χ1n) is 10.4. The number of piperidine rings is 1. The molecule has 0 unspecified atom stereocenters. The zero-order valence-electron chi connectivity index (χ0n) is 18.7. The van der Waals surface area contributed by atoms with E-state index in [4.69, 9.17) is 4.74 Å². The molecule has 1 saturated heterocycles. The molecule has 11 heteroatoms. The van der Waals surface area contributed by atoms with Crippen LogP contribution in [0.1, 0.15) is 29.8 Å². The van der Waals surface area contributed by atoms with Crippen LogP contribution in [0.4, 0.5) is 0 Å². The molecule has 0 radical (unpaired) electrons. The van der Waals surface area contributed by atoms with E-state index in [2.05, 4.69) is 15.8 Å². The Balaban J connectivity index is 1.44. The van der Waals surface area contributed by atoms with Crippen LogP contribution in [0.5, 0.6) is 5.75 Å². The number of imidazole rings is 1. The summed E-state index contributed by atoms with van der Waals surface area (Å²) in [7, 11) is -1.96. The van der Waals surface area contributed by atoms with Gasteiger partial charge in [0.25, 0.3) is 15.9 Å². The monoisotopic (exact) mass is 463 g/mol. The first kappa shape index (κ1) is 23.7. The number of nitrogens with one attached hydrogen (secondary N) is 2. The minimum atomic E-state index is -3.69.